The van der Waals surface area contributed by atoms with Crippen LogP contribution in [0.1, 0.15) is 41.0 Å². The van der Waals surface area contributed by atoms with Gasteiger partial charge in [-0.3, -0.25) is 4.79 Å². The Morgan fingerprint density at radius 1 is 1.31 bits per heavy atom. The van der Waals surface area contributed by atoms with Crippen molar-refractivity contribution in [1.29, 1.82) is 0 Å². The van der Waals surface area contributed by atoms with E-state index >= 15 is 0 Å². The van der Waals surface area contributed by atoms with Gasteiger partial charge in [-0.25, -0.2) is 0 Å². The molecule has 3 fully saturated rings. The van der Waals surface area contributed by atoms with Gasteiger partial charge in [0, 0.05) is 53.8 Å². The number of nitrogens with one attached hydrogen (secondary N) is 1. The molecule has 148 valence electrons. The van der Waals surface area contributed by atoms with Crippen molar-refractivity contribution in [2.45, 2.75) is 69.7 Å². The Balaban J connectivity index is 1.65. The lowest BCUT2D eigenvalue weighted by Gasteiger charge is -2.48. The van der Waals surface area contributed by atoms with Gasteiger partial charge in [-0.05, 0) is 32.2 Å². The van der Waals surface area contributed by atoms with Crippen molar-refractivity contribution in [3.8, 4) is 0 Å². The largest absolute Gasteiger partial charge is 0.392 e. The van der Waals surface area contributed by atoms with Gasteiger partial charge >= 0.3 is 0 Å². The molecule has 26 heavy (non-hydrogen) atoms. The first kappa shape index (κ1) is 20.1. The first-order valence-electron chi connectivity index (χ1n) is 10.2. The van der Waals surface area contributed by atoms with Gasteiger partial charge in [0.1, 0.15) is 0 Å². The Bertz CT molecular complexity index is 565. The fraction of sp³-hybridized carbons (Fsp3) is 0.857. The second-order valence-corrected chi connectivity index (χ2v) is 10.6. The molecule has 0 aromatic heterocycles. The first-order valence-corrected chi connectivity index (χ1v) is 11.2. The Morgan fingerprint density at radius 2 is 1.96 bits per heavy atom. The number of thioether (sulfide) groups is 1. The van der Waals surface area contributed by atoms with Gasteiger partial charge in [-0.1, -0.05) is 34.3 Å². The molecule has 0 radical (unpaired) electrons. The van der Waals surface area contributed by atoms with Crippen molar-refractivity contribution >= 4 is 17.7 Å². The number of hydrogen-bond acceptors (Lipinski definition) is 4. The van der Waals surface area contributed by atoms with Crippen LogP contribution in [0.4, 0.5) is 0 Å². The van der Waals surface area contributed by atoms with E-state index in [2.05, 4.69) is 75.1 Å². The van der Waals surface area contributed by atoms with Gasteiger partial charge in [0.25, 0.3) is 0 Å². The highest BCUT2D eigenvalue weighted by Crippen LogP contribution is 2.51. The molecule has 0 saturated carbocycles. The zero-order valence-electron chi connectivity index (χ0n) is 17.5. The minimum Gasteiger partial charge on any atom is -0.392 e. The zero-order chi connectivity index (χ0) is 19.3. The molecule has 5 heteroatoms. The fourth-order valence-corrected chi connectivity index (χ4v) is 7.51. The number of β-lactam (4-membered cyclic amide) rings is 1. The van der Waals surface area contributed by atoms with Gasteiger partial charge < -0.3 is 15.1 Å². The molecule has 3 aliphatic rings. The minimum atomic E-state index is 0.246. The van der Waals surface area contributed by atoms with Crippen LogP contribution in [0.15, 0.2) is 12.3 Å². The molecule has 0 aromatic carbocycles. The number of nitrogens with zero attached hydrogens (tertiary/aromatic N) is 2. The molecule has 0 spiro atoms. The molecular weight excluding hydrogens is 342 g/mol. The third-order valence-corrected chi connectivity index (χ3v) is 9.14. The highest BCUT2D eigenvalue weighted by molar-refractivity contribution is 8.00. The normalized spacial score (nSPS) is 41.3. The number of amides is 1. The topological polar surface area (TPSA) is 35.6 Å². The highest BCUT2D eigenvalue weighted by Gasteiger charge is 2.60. The fourth-order valence-electron chi connectivity index (χ4n) is 5.66. The van der Waals surface area contributed by atoms with E-state index in [-0.39, 0.29) is 5.92 Å². The summed E-state index contributed by atoms with van der Waals surface area (Å²) in [6.07, 6.45) is 1.21. The lowest BCUT2D eigenvalue weighted by Crippen LogP contribution is -2.62. The van der Waals surface area contributed by atoms with E-state index in [4.69, 9.17) is 0 Å². The number of carbonyl (C=O) groups is 1. The average Bonchev–Trinajstić information content (AvgIpc) is 3.03. The number of likely N-dealkylation sites (tertiary alicyclic amines) is 1. The quantitative estimate of drug-likeness (QED) is 0.720. The van der Waals surface area contributed by atoms with Gasteiger partial charge in [0.05, 0.1) is 5.92 Å². The van der Waals surface area contributed by atoms with E-state index in [1.54, 1.807) is 0 Å². The smallest absolute Gasteiger partial charge is 0.228 e. The van der Waals surface area contributed by atoms with Crippen LogP contribution in [-0.2, 0) is 4.79 Å². The molecule has 8 atom stereocenters. The minimum absolute atomic E-state index is 0.246. The molecule has 1 amide bonds. The van der Waals surface area contributed by atoms with Crippen LogP contribution in [0.2, 0.25) is 0 Å². The van der Waals surface area contributed by atoms with Crippen molar-refractivity contribution in [2.24, 2.45) is 23.7 Å². The van der Waals surface area contributed by atoms with Gasteiger partial charge in [-0.15, -0.1) is 0 Å². The van der Waals surface area contributed by atoms with Gasteiger partial charge in [-0.2, -0.15) is 11.8 Å². The summed E-state index contributed by atoms with van der Waals surface area (Å²) in [4.78, 5) is 17.3. The molecule has 3 aliphatic heterocycles. The predicted molar refractivity (Wildman–Crippen MR) is 111 cm³/mol. The summed E-state index contributed by atoms with van der Waals surface area (Å²) in [7, 11) is 4.21. The van der Waals surface area contributed by atoms with E-state index in [1.165, 1.54) is 6.42 Å². The highest BCUT2D eigenvalue weighted by atomic mass is 32.2. The predicted octanol–water partition coefficient (Wildman–Crippen LogP) is 3.05. The number of rotatable bonds is 6. The standard InChI is InChI=1S/C21H37N3OS/c1-11(2)18-19-13(4)20(15(6)24(19)21(18)25)26-16-9-17(23(8)10-16)12(3)14(5)22-7/h11-13,15-20,22H,5,9-10H2,1-4,6-8H3. The first-order chi connectivity index (χ1) is 12.2. The maximum Gasteiger partial charge on any atom is 0.228 e. The molecular formula is C21H37N3OS. The van der Waals surface area contributed by atoms with E-state index in [9.17, 15) is 4.79 Å². The molecule has 0 aliphatic carbocycles. The number of hydrogen-bond donors (Lipinski definition) is 1. The van der Waals surface area contributed by atoms with Crippen LogP contribution >= 0.6 is 11.8 Å². The maximum absolute atomic E-state index is 12.6. The second-order valence-electron chi connectivity index (χ2n) is 9.13. The lowest BCUT2D eigenvalue weighted by atomic mass is 9.76. The summed E-state index contributed by atoms with van der Waals surface area (Å²) in [5.74, 6) is 2.15. The van der Waals surface area contributed by atoms with E-state index < -0.39 is 0 Å². The summed E-state index contributed by atoms with van der Waals surface area (Å²) in [5.41, 5.74) is 1.13. The summed E-state index contributed by atoms with van der Waals surface area (Å²) in [6, 6.07) is 1.39. The summed E-state index contributed by atoms with van der Waals surface area (Å²) < 4.78 is 0. The second kappa shape index (κ2) is 7.38. The van der Waals surface area contributed by atoms with Crippen molar-refractivity contribution < 1.29 is 4.79 Å². The van der Waals surface area contributed by atoms with E-state index in [1.807, 2.05) is 7.05 Å². The third-order valence-electron chi connectivity index (χ3n) is 7.28. The van der Waals surface area contributed by atoms with Crippen molar-refractivity contribution in [2.75, 3.05) is 20.6 Å². The monoisotopic (exact) mass is 379 g/mol. The van der Waals surface area contributed by atoms with Crippen molar-refractivity contribution in [3.05, 3.63) is 12.3 Å². The third kappa shape index (κ3) is 3.09. The average molecular weight is 380 g/mol. The van der Waals surface area contributed by atoms with Crippen molar-refractivity contribution in [1.82, 2.24) is 15.1 Å². The van der Waals surface area contributed by atoms with Crippen LogP contribution in [-0.4, -0.2) is 65.0 Å². The Hall–Kier alpha value is -0.680. The maximum atomic E-state index is 12.6. The zero-order valence-corrected chi connectivity index (χ0v) is 18.3. The molecule has 0 bridgehead atoms. The van der Waals surface area contributed by atoms with E-state index in [0.717, 1.165) is 12.2 Å². The summed E-state index contributed by atoms with van der Waals surface area (Å²) in [5, 5.41) is 4.45. The van der Waals surface area contributed by atoms with Crippen molar-refractivity contribution in [3.63, 3.8) is 0 Å². The number of carbonyl (C=O) groups excluding carboxylic acids is 1. The lowest BCUT2D eigenvalue weighted by molar-refractivity contribution is -0.160. The number of fused-ring (bicyclic) bond motifs is 1. The molecule has 4 nitrogen and oxygen atoms in total. The molecule has 3 heterocycles. The van der Waals surface area contributed by atoms with Crippen LogP contribution in [0.5, 0.6) is 0 Å². The molecule has 3 rings (SSSR count). The molecule has 8 unspecified atom stereocenters. The van der Waals surface area contributed by atoms with Crippen LogP contribution in [0.3, 0.4) is 0 Å². The SMILES string of the molecule is C=C(NC)C(C)C1CC(SC2C(C)C3C(C(C)C)C(=O)N3C2C)CN1C. The van der Waals surface area contributed by atoms with Crippen LogP contribution in [0, 0.1) is 23.7 Å². The molecule has 1 N–H and O–H groups in total. The van der Waals surface area contributed by atoms with Crippen LogP contribution in [0.25, 0.3) is 0 Å². The van der Waals surface area contributed by atoms with Gasteiger partial charge in [0.15, 0.2) is 0 Å². The Kier molecular flexibility index (Phi) is 5.70. The van der Waals surface area contributed by atoms with E-state index in [0.29, 0.717) is 52.3 Å². The summed E-state index contributed by atoms with van der Waals surface area (Å²) >= 11 is 2.15. The van der Waals surface area contributed by atoms with Gasteiger partial charge in [0.2, 0.25) is 5.91 Å². The summed E-state index contributed by atoms with van der Waals surface area (Å²) in [6.45, 7) is 16.6. The molecule has 0 aromatic rings. The Labute approximate surface area is 164 Å². The van der Waals surface area contributed by atoms with Crippen LogP contribution < -0.4 is 5.32 Å². The Morgan fingerprint density at radius 3 is 2.54 bits per heavy atom. The molecule has 3 saturated heterocycles.